The fourth-order valence-corrected chi connectivity index (χ4v) is 2.61. The summed E-state index contributed by atoms with van der Waals surface area (Å²) < 4.78 is 27.0. The number of methoxy groups -OCH3 is 3. The molecule has 0 saturated carbocycles. The number of Topliss-reactive ketones (excluding diaryl/α,β-unsaturated/α-hetero) is 1. The average Bonchev–Trinajstić information content (AvgIpc) is 2.72. The SMILES string of the molecule is COc1ccc(C=C2OC(C)(OC)OC(=Cc3ccc(OC)cc3)C2=O)cc1. The van der Waals surface area contributed by atoms with E-state index in [-0.39, 0.29) is 17.3 Å². The second-order valence-electron chi connectivity index (χ2n) is 6.16. The molecule has 146 valence electrons. The van der Waals surface area contributed by atoms with Crippen LogP contribution in [0.15, 0.2) is 60.0 Å². The Morgan fingerprint density at radius 2 is 1.14 bits per heavy atom. The van der Waals surface area contributed by atoms with E-state index < -0.39 is 5.97 Å². The smallest absolute Gasteiger partial charge is 0.368 e. The van der Waals surface area contributed by atoms with Gasteiger partial charge in [-0.3, -0.25) is 4.79 Å². The minimum Gasteiger partial charge on any atom is -0.497 e. The van der Waals surface area contributed by atoms with Crippen LogP contribution in [0.3, 0.4) is 0 Å². The van der Waals surface area contributed by atoms with E-state index >= 15 is 0 Å². The van der Waals surface area contributed by atoms with E-state index in [1.54, 1.807) is 57.6 Å². The highest BCUT2D eigenvalue weighted by atomic mass is 16.9. The summed E-state index contributed by atoms with van der Waals surface area (Å²) in [6.07, 6.45) is 3.28. The van der Waals surface area contributed by atoms with Gasteiger partial charge in [-0.2, -0.15) is 0 Å². The molecule has 1 fully saturated rings. The topological polar surface area (TPSA) is 63.2 Å². The number of ketones is 1. The van der Waals surface area contributed by atoms with Crippen LogP contribution in [0, 0.1) is 0 Å². The molecule has 6 nitrogen and oxygen atoms in total. The molecule has 0 atom stereocenters. The molecule has 1 aliphatic rings. The molecule has 1 saturated heterocycles. The van der Waals surface area contributed by atoms with Crippen LogP contribution in [0.25, 0.3) is 12.2 Å². The van der Waals surface area contributed by atoms with Crippen molar-refractivity contribution in [3.8, 4) is 11.5 Å². The third kappa shape index (κ3) is 4.35. The molecule has 1 aliphatic heterocycles. The number of ether oxygens (including phenoxy) is 5. The first-order chi connectivity index (χ1) is 13.5. The third-order valence-corrected chi connectivity index (χ3v) is 4.24. The fraction of sp³-hybridized carbons (Fsp3) is 0.227. The lowest BCUT2D eigenvalue weighted by Gasteiger charge is -2.34. The maximum Gasteiger partial charge on any atom is 0.368 e. The Hall–Kier alpha value is -3.25. The van der Waals surface area contributed by atoms with Gasteiger partial charge in [0.15, 0.2) is 11.5 Å². The van der Waals surface area contributed by atoms with Crippen molar-refractivity contribution in [3.05, 3.63) is 71.2 Å². The molecule has 6 heteroatoms. The number of rotatable bonds is 5. The Balaban J connectivity index is 1.95. The normalized spacial score (nSPS) is 21.9. The van der Waals surface area contributed by atoms with Gasteiger partial charge in [-0.1, -0.05) is 24.3 Å². The second-order valence-corrected chi connectivity index (χ2v) is 6.16. The summed E-state index contributed by atoms with van der Waals surface area (Å²) in [4.78, 5) is 12.9. The zero-order valence-corrected chi connectivity index (χ0v) is 16.2. The maximum absolute atomic E-state index is 12.9. The molecule has 0 amide bonds. The molecular formula is C22H22O6. The van der Waals surface area contributed by atoms with Crippen LogP contribution in [0.5, 0.6) is 11.5 Å². The summed E-state index contributed by atoms with van der Waals surface area (Å²) in [6, 6.07) is 14.5. The van der Waals surface area contributed by atoms with Crippen LogP contribution >= 0.6 is 0 Å². The molecule has 2 aromatic carbocycles. The van der Waals surface area contributed by atoms with Crippen molar-refractivity contribution in [1.82, 2.24) is 0 Å². The quantitative estimate of drug-likeness (QED) is 0.728. The highest BCUT2D eigenvalue weighted by Crippen LogP contribution is 2.32. The van der Waals surface area contributed by atoms with Crippen molar-refractivity contribution in [2.24, 2.45) is 0 Å². The molecule has 1 heterocycles. The lowest BCUT2D eigenvalue weighted by molar-refractivity contribution is -0.334. The molecule has 0 bridgehead atoms. The van der Waals surface area contributed by atoms with E-state index in [1.807, 2.05) is 24.3 Å². The van der Waals surface area contributed by atoms with Crippen molar-refractivity contribution >= 4 is 17.9 Å². The summed E-state index contributed by atoms with van der Waals surface area (Å²) in [5.74, 6) is -0.0848. The number of hydrogen-bond donors (Lipinski definition) is 0. The molecule has 0 N–H and O–H groups in total. The van der Waals surface area contributed by atoms with Gasteiger partial charge in [-0.25, -0.2) is 0 Å². The molecule has 28 heavy (non-hydrogen) atoms. The maximum atomic E-state index is 12.9. The summed E-state index contributed by atoms with van der Waals surface area (Å²) in [7, 11) is 4.64. The van der Waals surface area contributed by atoms with Crippen LogP contribution in [-0.4, -0.2) is 33.1 Å². The zero-order valence-electron chi connectivity index (χ0n) is 16.2. The van der Waals surface area contributed by atoms with E-state index in [1.165, 1.54) is 7.11 Å². The molecule has 0 spiro atoms. The van der Waals surface area contributed by atoms with Gasteiger partial charge in [0.05, 0.1) is 14.2 Å². The number of benzene rings is 2. The van der Waals surface area contributed by atoms with Crippen LogP contribution < -0.4 is 9.47 Å². The lowest BCUT2D eigenvalue weighted by Crippen LogP contribution is -2.41. The van der Waals surface area contributed by atoms with E-state index in [0.717, 1.165) is 22.6 Å². The molecule has 0 aliphatic carbocycles. The van der Waals surface area contributed by atoms with Crippen LogP contribution in [-0.2, 0) is 19.0 Å². The number of carbonyl (C=O) groups is 1. The minimum atomic E-state index is -1.41. The van der Waals surface area contributed by atoms with Gasteiger partial charge in [0.1, 0.15) is 11.5 Å². The van der Waals surface area contributed by atoms with Crippen LogP contribution in [0.1, 0.15) is 18.1 Å². The number of hydrogen-bond acceptors (Lipinski definition) is 6. The highest BCUT2D eigenvalue weighted by molar-refractivity contribution is 6.11. The molecule has 0 aromatic heterocycles. The van der Waals surface area contributed by atoms with Gasteiger partial charge in [-0.05, 0) is 47.5 Å². The van der Waals surface area contributed by atoms with Crippen LogP contribution in [0.4, 0.5) is 0 Å². The molecule has 3 rings (SSSR count). The Labute approximate surface area is 163 Å². The third-order valence-electron chi connectivity index (χ3n) is 4.24. The Bertz CT molecular complexity index is 824. The first-order valence-electron chi connectivity index (χ1n) is 8.66. The first kappa shape index (κ1) is 19.5. The monoisotopic (exact) mass is 382 g/mol. The van der Waals surface area contributed by atoms with E-state index in [9.17, 15) is 4.79 Å². The van der Waals surface area contributed by atoms with E-state index in [4.69, 9.17) is 23.7 Å². The number of carbonyl (C=O) groups excluding carboxylic acids is 1. The zero-order chi connectivity index (χ0) is 20.1. The van der Waals surface area contributed by atoms with Crippen molar-refractivity contribution in [3.63, 3.8) is 0 Å². The molecular weight excluding hydrogens is 360 g/mol. The van der Waals surface area contributed by atoms with Gasteiger partial charge in [0.2, 0.25) is 0 Å². The van der Waals surface area contributed by atoms with Crippen molar-refractivity contribution in [1.29, 1.82) is 0 Å². The summed E-state index contributed by atoms with van der Waals surface area (Å²) in [6.45, 7) is 1.60. The Morgan fingerprint density at radius 1 is 0.750 bits per heavy atom. The average molecular weight is 382 g/mol. The lowest BCUT2D eigenvalue weighted by atomic mass is 10.1. The van der Waals surface area contributed by atoms with Crippen molar-refractivity contribution in [2.75, 3.05) is 21.3 Å². The molecule has 2 aromatic rings. The summed E-state index contributed by atoms with van der Waals surface area (Å²) in [5, 5.41) is 0. The summed E-state index contributed by atoms with van der Waals surface area (Å²) in [5.41, 5.74) is 1.57. The van der Waals surface area contributed by atoms with E-state index in [2.05, 4.69) is 0 Å². The van der Waals surface area contributed by atoms with Crippen LogP contribution in [0.2, 0.25) is 0 Å². The second kappa shape index (κ2) is 8.19. The van der Waals surface area contributed by atoms with Gasteiger partial charge in [-0.15, -0.1) is 0 Å². The van der Waals surface area contributed by atoms with Crippen molar-refractivity contribution in [2.45, 2.75) is 12.9 Å². The van der Waals surface area contributed by atoms with Crippen molar-refractivity contribution < 1.29 is 28.5 Å². The van der Waals surface area contributed by atoms with Gasteiger partial charge >= 0.3 is 5.97 Å². The molecule has 0 unspecified atom stereocenters. The van der Waals surface area contributed by atoms with E-state index in [0.29, 0.717) is 0 Å². The standard InChI is InChI=1S/C22H22O6/c1-22(26-4)27-19(13-15-5-9-17(24-2)10-6-15)21(23)20(28-22)14-16-7-11-18(25-3)12-8-16/h5-14H,1-4H3. The molecule has 0 radical (unpaired) electrons. The van der Waals surface area contributed by atoms with Gasteiger partial charge in [0, 0.05) is 14.0 Å². The predicted octanol–water partition coefficient (Wildman–Crippen LogP) is 4.02. The predicted molar refractivity (Wildman–Crippen MR) is 105 cm³/mol. The first-order valence-corrected chi connectivity index (χ1v) is 8.66. The Morgan fingerprint density at radius 3 is 1.46 bits per heavy atom. The Kier molecular flexibility index (Phi) is 5.70. The largest absolute Gasteiger partial charge is 0.497 e. The highest BCUT2D eigenvalue weighted by Gasteiger charge is 2.40. The minimum absolute atomic E-state index is 0.125. The summed E-state index contributed by atoms with van der Waals surface area (Å²) >= 11 is 0. The fourth-order valence-electron chi connectivity index (χ4n) is 2.61. The van der Waals surface area contributed by atoms with Gasteiger partial charge in [0.25, 0.3) is 5.78 Å². The van der Waals surface area contributed by atoms with Gasteiger partial charge < -0.3 is 23.7 Å².